The van der Waals surface area contributed by atoms with Crippen LogP contribution in [0.4, 0.5) is 0 Å². The summed E-state index contributed by atoms with van der Waals surface area (Å²) in [6, 6.07) is 25.1. The van der Waals surface area contributed by atoms with Crippen molar-refractivity contribution in [2.24, 2.45) is 0 Å². The molecule has 0 saturated carbocycles. The van der Waals surface area contributed by atoms with Gasteiger partial charge >= 0.3 is 0 Å². The van der Waals surface area contributed by atoms with E-state index < -0.39 is 6.10 Å². The lowest BCUT2D eigenvalue weighted by atomic mass is 9.88. The zero-order chi connectivity index (χ0) is 20.8. The van der Waals surface area contributed by atoms with Crippen molar-refractivity contribution < 1.29 is 19.3 Å². The summed E-state index contributed by atoms with van der Waals surface area (Å²) in [5, 5.41) is 15.7. The molecule has 4 aromatic carbocycles. The van der Waals surface area contributed by atoms with Gasteiger partial charge in [-0.1, -0.05) is 66.7 Å². The standard InChI is InChI=1S/C27H24O4/c28-27(26-16-31-26)22-11-9-17-5-1-3-7-20(17)23(22)13-24-21-8-4-2-6-18(21)10-12-25(24)30-15-19-14-29-19/h1-12,19,26-28H,13-16H2. The first kappa shape index (κ1) is 18.8. The molecular formula is C27H24O4. The zero-order valence-electron chi connectivity index (χ0n) is 17.2. The van der Waals surface area contributed by atoms with Crippen LogP contribution >= 0.6 is 0 Å². The van der Waals surface area contributed by atoms with Crippen LogP contribution in [-0.2, 0) is 15.9 Å². The van der Waals surface area contributed by atoms with Gasteiger partial charge in [-0.2, -0.15) is 0 Å². The molecule has 4 aromatic rings. The molecule has 3 unspecified atom stereocenters. The van der Waals surface area contributed by atoms with E-state index >= 15 is 0 Å². The van der Waals surface area contributed by atoms with Gasteiger partial charge in [0.2, 0.25) is 0 Å². The number of aliphatic hydroxyl groups excluding tert-OH is 1. The fourth-order valence-corrected chi connectivity index (χ4v) is 4.42. The van der Waals surface area contributed by atoms with E-state index in [1.807, 2.05) is 12.1 Å². The zero-order valence-corrected chi connectivity index (χ0v) is 17.2. The van der Waals surface area contributed by atoms with Crippen molar-refractivity contribution in [3.63, 3.8) is 0 Å². The highest BCUT2D eigenvalue weighted by Gasteiger charge is 2.34. The Morgan fingerprint density at radius 2 is 1.45 bits per heavy atom. The van der Waals surface area contributed by atoms with Crippen LogP contribution in [0.1, 0.15) is 22.8 Å². The highest BCUT2D eigenvalue weighted by Crippen LogP contribution is 2.38. The normalized spacial score (nSPS) is 20.7. The van der Waals surface area contributed by atoms with Crippen molar-refractivity contribution in [2.75, 3.05) is 19.8 Å². The highest BCUT2D eigenvalue weighted by molar-refractivity contribution is 5.91. The summed E-state index contributed by atoms with van der Waals surface area (Å²) in [6.45, 7) is 1.94. The van der Waals surface area contributed by atoms with Crippen LogP contribution in [0.25, 0.3) is 21.5 Å². The second-order valence-electron chi connectivity index (χ2n) is 8.38. The first-order valence-electron chi connectivity index (χ1n) is 10.8. The number of rotatable bonds is 7. The van der Waals surface area contributed by atoms with Gasteiger partial charge in [0.25, 0.3) is 0 Å². The Labute approximate surface area is 181 Å². The van der Waals surface area contributed by atoms with Crippen LogP contribution in [0, 0.1) is 0 Å². The van der Waals surface area contributed by atoms with E-state index in [2.05, 4.69) is 60.7 Å². The molecule has 0 amide bonds. The van der Waals surface area contributed by atoms with Gasteiger partial charge in [0.1, 0.15) is 30.7 Å². The Kier molecular flexibility index (Phi) is 4.64. The molecule has 156 valence electrons. The van der Waals surface area contributed by atoms with Gasteiger partial charge in [-0.05, 0) is 38.7 Å². The SMILES string of the molecule is OC(c1ccc2ccccc2c1Cc1c(OCC2CO2)ccc2ccccc12)C1CO1. The molecule has 4 heteroatoms. The van der Waals surface area contributed by atoms with E-state index in [1.54, 1.807) is 0 Å². The molecule has 0 aliphatic carbocycles. The Morgan fingerprint density at radius 3 is 2.13 bits per heavy atom. The number of hydrogen-bond donors (Lipinski definition) is 1. The molecule has 0 radical (unpaired) electrons. The van der Waals surface area contributed by atoms with Gasteiger partial charge in [-0.15, -0.1) is 0 Å². The molecule has 2 aliphatic rings. The topological polar surface area (TPSA) is 54.5 Å². The maximum Gasteiger partial charge on any atom is 0.123 e. The molecule has 2 fully saturated rings. The summed E-state index contributed by atoms with van der Waals surface area (Å²) in [7, 11) is 0. The molecular weight excluding hydrogens is 388 g/mol. The maximum absolute atomic E-state index is 11.0. The molecule has 6 rings (SSSR count). The largest absolute Gasteiger partial charge is 0.490 e. The third kappa shape index (κ3) is 3.68. The Hall–Kier alpha value is -2.92. The molecule has 0 bridgehead atoms. The van der Waals surface area contributed by atoms with E-state index in [-0.39, 0.29) is 12.2 Å². The molecule has 4 nitrogen and oxygen atoms in total. The molecule has 0 aromatic heterocycles. The number of benzene rings is 4. The fraction of sp³-hybridized carbons (Fsp3) is 0.259. The molecule has 1 N–H and O–H groups in total. The van der Waals surface area contributed by atoms with Gasteiger partial charge in [0.15, 0.2) is 0 Å². The van der Waals surface area contributed by atoms with E-state index in [9.17, 15) is 5.11 Å². The monoisotopic (exact) mass is 412 g/mol. The van der Waals surface area contributed by atoms with Crippen molar-refractivity contribution >= 4 is 21.5 Å². The third-order valence-electron chi connectivity index (χ3n) is 6.28. The number of hydrogen-bond acceptors (Lipinski definition) is 4. The Morgan fingerprint density at radius 1 is 0.806 bits per heavy atom. The first-order valence-corrected chi connectivity index (χ1v) is 10.8. The number of ether oxygens (including phenoxy) is 3. The van der Waals surface area contributed by atoms with Crippen LogP contribution in [0.2, 0.25) is 0 Å². The first-order chi connectivity index (χ1) is 15.3. The van der Waals surface area contributed by atoms with Gasteiger partial charge in [0.05, 0.1) is 13.2 Å². The van der Waals surface area contributed by atoms with Crippen LogP contribution in [-0.4, -0.2) is 37.1 Å². The van der Waals surface area contributed by atoms with Crippen molar-refractivity contribution in [2.45, 2.75) is 24.7 Å². The predicted octanol–water partition coefficient (Wildman–Crippen LogP) is 4.79. The predicted molar refractivity (Wildman–Crippen MR) is 121 cm³/mol. The molecule has 0 spiro atoms. The summed E-state index contributed by atoms with van der Waals surface area (Å²) < 4.78 is 17.0. The highest BCUT2D eigenvalue weighted by atomic mass is 16.6. The van der Waals surface area contributed by atoms with Gasteiger partial charge < -0.3 is 19.3 Å². The van der Waals surface area contributed by atoms with Gasteiger partial charge in [-0.25, -0.2) is 0 Å². The molecule has 2 heterocycles. The van der Waals surface area contributed by atoms with Crippen LogP contribution < -0.4 is 4.74 Å². The maximum atomic E-state index is 11.0. The number of epoxide rings is 2. The number of fused-ring (bicyclic) bond motifs is 2. The summed E-state index contributed by atoms with van der Waals surface area (Å²) in [4.78, 5) is 0. The molecule has 2 aliphatic heterocycles. The lowest BCUT2D eigenvalue weighted by Crippen LogP contribution is -2.11. The smallest absolute Gasteiger partial charge is 0.123 e. The minimum Gasteiger partial charge on any atom is -0.490 e. The Balaban J connectivity index is 1.51. The quantitative estimate of drug-likeness (QED) is 0.443. The van der Waals surface area contributed by atoms with Crippen LogP contribution in [0.15, 0.2) is 72.8 Å². The van der Waals surface area contributed by atoms with Crippen molar-refractivity contribution in [3.8, 4) is 5.75 Å². The Bertz CT molecular complexity index is 1260. The van der Waals surface area contributed by atoms with E-state index in [1.165, 1.54) is 16.2 Å². The van der Waals surface area contributed by atoms with Crippen LogP contribution in [0.5, 0.6) is 5.75 Å². The summed E-state index contributed by atoms with van der Waals surface area (Å²) >= 11 is 0. The molecule has 2 saturated heterocycles. The van der Waals surface area contributed by atoms with Gasteiger partial charge in [0, 0.05) is 12.0 Å². The summed E-state index contributed by atoms with van der Waals surface area (Å²) in [5.74, 6) is 0.880. The molecule has 3 atom stereocenters. The van der Waals surface area contributed by atoms with Crippen LogP contribution in [0.3, 0.4) is 0 Å². The second kappa shape index (κ2) is 7.65. The fourth-order valence-electron chi connectivity index (χ4n) is 4.42. The van der Waals surface area contributed by atoms with E-state index in [4.69, 9.17) is 14.2 Å². The third-order valence-corrected chi connectivity index (χ3v) is 6.28. The van der Waals surface area contributed by atoms with E-state index in [0.29, 0.717) is 19.6 Å². The lowest BCUT2D eigenvalue weighted by Gasteiger charge is -2.20. The average molecular weight is 412 g/mol. The van der Waals surface area contributed by atoms with E-state index in [0.717, 1.165) is 34.4 Å². The minimum atomic E-state index is -0.626. The second-order valence-corrected chi connectivity index (χ2v) is 8.38. The lowest BCUT2D eigenvalue weighted by molar-refractivity contribution is 0.136. The summed E-state index contributed by atoms with van der Waals surface area (Å²) in [6.07, 6.45) is 0.123. The van der Waals surface area contributed by atoms with Gasteiger partial charge in [-0.3, -0.25) is 0 Å². The molecule has 31 heavy (non-hydrogen) atoms. The average Bonchev–Trinajstić information content (AvgIpc) is 3.72. The minimum absolute atomic E-state index is 0.116. The van der Waals surface area contributed by atoms with Crippen molar-refractivity contribution in [1.82, 2.24) is 0 Å². The number of aliphatic hydroxyl groups is 1. The summed E-state index contributed by atoms with van der Waals surface area (Å²) in [5.41, 5.74) is 3.20. The van der Waals surface area contributed by atoms with Crippen molar-refractivity contribution in [3.05, 3.63) is 89.5 Å². The van der Waals surface area contributed by atoms with Crippen molar-refractivity contribution in [1.29, 1.82) is 0 Å².